The van der Waals surface area contributed by atoms with E-state index in [0.717, 1.165) is 29.8 Å². The van der Waals surface area contributed by atoms with Crippen LogP contribution in [0.3, 0.4) is 0 Å². The van der Waals surface area contributed by atoms with Gasteiger partial charge in [-0.25, -0.2) is 9.97 Å². The van der Waals surface area contributed by atoms with Gasteiger partial charge in [-0.1, -0.05) is 19.3 Å². The molecule has 24 heavy (non-hydrogen) atoms. The molecular weight excluding hydrogens is 309 g/mol. The Morgan fingerprint density at radius 3 is 2.83 bits per heavy atom. The Morgan fingerprint density at radius 2 is 2.08 bits per heavy atom. The first-order valence-electron chi connectivity index (χ1n) is 8.52. The van der Waals surface area contributed by atoms with E-state index in [0.29, 0.717) is 30.4 Å². The maximum atomic E-state index is 13.2. The molecule has 2 aliphatic carbocycles. The second-order valence-electron chi connectivity index (χ2n) is 6.62. The molecule has 2 aromatic heterocycles. The van der Waals surface area contributed by atoms with E-state index in [4.69, 9.17) is 0 Å². The van der Waals surface area contributed by atoms with Gasteiger partial charge < -0.3 is 5.32 Å². The Hall–Kier alpha value is -2.31. The van der Waals surface area contributed by atoms with Crippen LogP contribution in [0.4, 0.5) is 10.3 Å². The van der Waals surface area contributed by atoms with Gasteiger partial charge in [0.2, 0.25) is 5.95 Å². The number of nitrogens with one attached hydrogen (secondary N) is 1. The number of carbonyl (C=O) groups is 1. The minimum absolute atomic E-state index is 0.0847. The molecule has 1 fully saturated rings. The summed E-state index contributed by atoms with van der Waals surface area (Å²) in [4.78, 5) is 20.3. The maximum absolute atomic E-state index is 13.2. The van der Waals surface area contributed by atoms with Crippen molar-refractivity contribution in [3.63, 3.8) is 0 Å². The molecule has 0 bridgehead atoms. The Morgan fingerprint density at radius 1 is 1.29 bits per heavy atom. The number of fused-ring (bicyclic) bond motifs is 3. The fourth-order valence-corrected chi connectivity index (χ4v) is 3.81. The van der Waals surface area contributed by atoms with Crippen LogP contribution in [0.1, 0.15) is 53.7 Å². The minimum Gasteiger partial charge on any atom is -0.351 e. The molecule has 1 saturated carbocycles. The molecule has 7 heteroatoms. The minimum atomic E-state index is -1.48. The summed E-state index contributed by atoms with van der Waals surface area (Å²) in [6.45, 7) is 0. The lowest BCUT2D eigenvalue weighted by molar-refractivity contribution is 0.0828. The number of aryl methyl sites for hydroxylation is 2. The zero-order chi connectivity index (χ0) is 16.7. The summed E-state index contributed by atoms with van der Waals surface area (Å²) in [5.41, 5.74) is 3.06. The molecule has 0 radical (unpaired) electrons. The molecule has 4 rings (SSSR count). The van der Waals surface area contributed by atoms with Gasteiger partial charge in [-0.2, -0.15) is 9.49 Å². The summed E-state index contributed by atoms with van der Waals surface area (Å²) in [7, 11) is 1.72. The lowest BCUT2D eigenvalue weighted by Crippen LogP contribution is -2.24. The Bertz CT molecular complexity index is 795. The van der Waals surface area contributed by atoms with Crippen LogP contribution in [0.2, 0.25) is 0 Å². The highest BCUT2D eigenvalue weighted by atomic mass is 19.1. The number of rotatable bonds is 3. The normalized spacial score (nSPS) is 17.2. The van der Waals surface area contributed by atoms with E-state index in [1.165, 1.54) is 19.3 Å². The number of hydrogen-bond acceptors (Lipinski definition) is 5. The third-order valence-corrected chi connectivity index (χ3v) is 5.00. The van der Waals surface area contributed by atoms with E-state index in [1.807, 2.05) is 6.20 Å². The first-order valence-corrected chi connectivity index (χ1v) is 8.52. The topological polar surface area (TPSA) is 72.7 Å². The van der Waals surface area contributed by atoms with Gasteiger partial charge in [0, 0.05) is 24.8 Å². The SMILES string of the molecule is Cn1nc(C(=O)F)c2c1-c1nc(NC3CCCCC3)ncc1CC2. The smallest absolute Gasteiger partial charge is 0.351 e. The van der Waals surface area contributed by atoms with Crippen molar-refractivity contribution in [1.29, 1.82) is 0 Å². The van der Waals surface area contributed by atoms with E-state index < -0.39 is 6.04 Å². The molecule has 126 valence electrons. The summed E-state index contributed by atoms with van der Waals surface area (Å²) in [6, 6.07) is -1.07. The molecular formula is C17H20FN5O. The van der Waals surface area contributed by atoms with Crippen molar-refractivity contribution in [2.45, 2.75) is 51.0 Å². The fourth-order valence-electron chi connectivity index (χ4n) is 3.81. The molecule has 2 aromatic rings. The van der Waals surface area contributed by atoms with E-state index in [1.54, 1.807) is 11.7 Å². The molecule has 6 nitrogen and oxygen atoms in total. The van der Waals surface area contributed by atoms with Crippen LogP contribution in [0, 0.1) is 0 Å². The number of nitrogens with zero attached hydrogens (tertiary/aromatic N) is 4. The molecule has 0 saturated heterocycles. The third kappa shape index (κ3) is 2.57. The van der Waals surface area contributed by atoms with Gasteiger partial charge in [-0.15, -0.1) is 0 Å². The van der Waals surface area contributed by atoms with E-state index >= 15 is 0 Å². The largest absolute Gasteiger partial charge is 0.352 e. The molecule has 0 spiro atoms. The van der Waals surface area contributed by atoms with Gasteiger partial charge >= 0.3 is 6.04 Å². The molecule has 2 aliphatic rings. The highest BCUT2D eigenvalue weighted by molar-refractivity contribution is 5.90. The molecule has 0 atom stereocenters. The third-order valence-electron chi connectivity index (χ3n) is 5.00. The second kappa shape index (κ2) is 5.96. The van der Waals surface area contributed by atoms with Crippen molar-refractivity contribution in [1.82, 2.24) is 19.7 Å². The van der Waals surface area contributed by atoms with Gasteiger partial charge in [0.1, 0.15) is 0 Å². The number of aromatic nitrogens is 4. The molecule has 1 N–H and O–H groups in total. The van der Waals surface area contributed by atoms with E-state index in [-0.39, 0.29) is 5.69 Å². The van der Waals surface area contributed by atoms with Crippen LogP contribution in [0.5, 0.6) is 0 Å². The highest BCUT2D eigenvalue weighted by Crippen LogP contribution is 2.34. The average molecular weight is 329 g/mol. The summed E-state index contributed by atoms with van der Waals surface area (Å²) in [5, 5.41) is 7.47. The van der Waals surface area contributed by atoms with Crippen molar-refractivity contribution < 1.29 is 9.18 Å². The van der Waals surface area contributed by atoms with Crippen molar-refractivity contribution in [3.8, 4) is 11.4 Å². The summed E-state index contributed by atoms with van der Waals surface area (Å²) >= 11 is 0. The molecule has 0 aromatic carbocycles. The standard InChI is InChI=1S/C17H20FN5O/c1-23-15-12(14(22-23)16(18)24)8-7-10-9-19-17(21-13(10)15)20-11-5-3-2-4-6-11/h9,11H,2-8H2,1H3,(H,19,20,21). The van der Waals surface area contributed by atoms with Crippen molar-refractivity contribution >= 4 is 12.0 Å². The molecule has 0 unspecified atom stereocenters. The number of carbonyl (C=O) groups excluding carboxylic acids is 1. The van der Waals surface area contributed by atoms with Crippen molar-refractivity contribution in [2.24, 2.45) is 7.05 Å². The zero-order valence-electron chi connectivity index (χ0n) is 13.7. The van der Waals surface area contributed by atoms with Crippen molar-refractivity contribution in [2.75, 3.05) is 5.32 Å². The highest BCUT2D eigenvalue weighted by Gasteiger charge is 2.29. The van der Waals surface area contributed by atoms with E-state index in [9.17, 15) is 9.18 Å². The van der Waals surface area contributed by atoms with Gasteiger partial charge in [0.05, 0.1) is 11.4 Å². The molecule has 0 aliphatic heterocycles. The first kappa shape index (κ1) is 15.2. The quantitative estimate of drug-likeness (QED) is 0.877. The van der Waals surface area contributed by atoms with E-state index in [2.05, 4.69) is 20.4 Å². The first-order chi connectivity index (χ1) is 11.6. The summed E-state index contributed by atoms with van der Waals surface area (Å²) < 4.78 is 14.8. The predicted octanol–water partition coefficient (Wildman–Crippen LogP) is 2.83. The average Bonchev–Trinajstić information content (AvgIpc) is 2.93. The Labute approximate surface area is 139 Å². The van der Waals surface area contributed by atoms with Crippen LogP contribution in [0.15, 0.2) is 6.20 Å². The van der Waals surface area contributed by atoms with Crippen LogP contribution in [-0.4, -0.2) is 31.8 Å². The Balaban J connectivity index is 1.70. The van der Waals surface area contributed by atoms with Gasteiger partial charge in [-0.05, 0) is 31.2 Å². The molecule has 0 amide bonds. The van der Waals surface area contributed by atoms with Gasteiger partial charge in [0.15, 0.2) is 5.69 Å². The van der Waals surface area contributed by atoms with Crippen LogP contribution in [0.25, 0.3) is 11.4 Å². The van der Waals surface area contributed by atoms with Crippen molar-refractivity contribution in [3.05, 3.63) is 23.0 Å². The second-order valence-corrected chi connectivity index (χ2v) is 6.62. The monoisotopic (exact) mass is 329 g/mol. The zero-order valence-corrected chi connectivity index (χ0v) is 13.7. The van der Waals surface area contributed by atoms with Crippen LogP contribution < -0.4 is 5.32 Å². The maximum Gasteiger partial charge on any atom is 0.352 e. The lowest BCUT2D eigenvalue weighted by atomic mass is 9.93. The lowest BCUT2D eigenvalue weighted by Gasteiger charge is -2.23. The fraction of sp³-hybridized carbons (Fsp3) is 0.529. The number of halogens is 1. The van der Waals surface area contributed by atoms with Crippen LogP contribution in [-0.2, 0) is 19.9 Å². The number of hydrogen-bond donors (Lipinski definition) is 1. The number of anilines is 1. The Kier molecular flexibility index (Phi) is 3.78. The summed E-state index contributed by atoms with van der Waals surface area (Å²) in [6.07, 6.45) is 9.14. The van der Waals surface area contributed by atoms with Crippen LogP contribution >= 0.6 is 0 Å². The summed E-state index contributed by atoms with van der Waals surface area (Å²) in [5.74, 6) is 0.600. The predicted molar refractivity (Wildman–Crippen MR) is 87.6 cm³/mol. The van der Waals surface area contributed by atoms with Gasteiger partial charge in [0.25, 0.3) is 0 Å². The molecule has 2 heterocycles. The van der Waals surface area contributed by atoms with Gasteiger partial charge in [-0.3, -0.25) is 9.48 Å².